The molecule has 0 saturated heterocycles. The molecule has 0 heterocycles. The summed E-state index contributed by atoms with van der Waals surface area (Å²) in [6.45, 7) is 6.30. The number of aryl methyl sites for hydroxylation is 1. The summed E-state index contributed by atoms with van der Waals surface area (Å²) >= 11 is 7.38. The van der Waals surface area contributed by atoms with Gasteiger partial charge in [-0.25, -0.2) is 0 Å². The molecule has 0 fully saturated rings. The second-order valence-electron chi connectivity index (χ2n) is 5.75. The van der Waals surface area contributed by atoms with Gasteiger partial charge in [-0.3, -0.25) is 4.79 Å². The largest absolute Gasteiger partial charge is 0.491 e. The fourth-order valence-corrected chi connectivity index (χ4v) is 3.03. The lowest BCUT2D eigenvalue weighted by atomic mass is 10.2. The summed E-state index contributed by atoms with van der Waals surface area (Å²) in [6.07, 6.45) is 0. The molecule has 2 aromatic carbocycles. The summed E-state index contributed by atoms with van der Waals surface area (Å²) < 4.78 is 5.70. The highest BCUT2D eigenvalue weighted by atomic mass is 35.5. The van der Waals surface area contributed by atoms with Crippen LogP contribution in [0.15, 0.2) is 53.4 Å². The van der Waals surface area contributed by atoms with E-state index in [0.717, 1.165) is 10.6 Å². The Morgan fingerprint density at radius 2 is 1.75 bits per heavy atom. The predicted octanol–water partition coefficient (Wildman–Crippen LogP) is 4.71. The van der Waals surface area contributed by atoms with Gasteiger partial charge in [-0.2, -0.15) is 0 Å². The first kappa shape index (κ1) is 18.7. The number of nitrogens with one attached hydrogen (secondary N) is 1. The van der Waals surface area contributed by atoms with Crippen molar-refractivity contribution in [2.75, 3.05) is 6.61 Å². The minimum atomic E-state index is -0.187. The first-order valence-electron chi connectivity index (χ1n) is 7.86. The summed E-state index contributed by atoms with van der Waals surface area (Å²) in [5, 5.41) is 3.49. The van der Waals surface area contributed by atoms with E-state index in [0.29, 0.717) is 11.6 Å². The number of halogens is 1. The van der Waals surface area contributed by atoms with E-state index in [1.807, 2.05) is 69.3 Å². The topological polar surface area (TPSA) is 38.3 Å². The number of benzene rings is 2. The lowest BCUT2D eigenvalue weighted by Gasteiger charge is -2.18. The second-order valence-corrected chi connectivity index (χ2v) is 7.60. The van der Waals surface area contributed by atoms with E-state index in [9.17, 15) is 4.79 Å². The molecule has 0 spiro atoms. The van der Waals surface area contributed by atoms with Crippen LogP contribution in [-0.2, 0) is 4.79 Å². The third-order valence-corrected chi connectivity index (χ3v) is 4.77. The molecular weight excluding hydrogens is 342 g/mol. The molecule has 128 valence electrons. The Bertz CT molecular complexity index is 658. The van der Waals surface area contributed by atoms with Crippen molar-refractivity contribution in [2.45, 2.75) is 37.0 Å². The van der Waals surface area contributed by atoms with Gasteiger partial charge in [0.15, 0.2) is 0 Å². The normalized spacial score (nSPS) is 13.2. The van der Waals surface area contributed by atoms with Gasteiger partial charge in [0.05, 0.1) is 11.3 Å². The first-order valence-corrected chi connectivity index (χ1v) is 9.12. The minimum absolute atomic E-state index is 0.00467. The Morgan fingerprint density at radius 3 is 2.38 bits per heavy atom. The maximum Gasteiger partial charge on any atom is 0.233 e. The molecule has 0 bridgehead atoms. The van der Waals surface area contributed by atoms with Gasteiger partial charge in [-0.05, 0) is 57.2 Å². The van der Waals surface area contributed by atoms with E-state index in [1.54, 1.807) is 0 Å². The molecular formula is C19H22ClNO2S. The number of rotatable bonds is 7. The monoisotopic (exact) mass is 363 g/mol. The second kappa shape index (κ2) is 9.00. The molecule has 3 nitrogen and oxygen atoms in total. The van der Waals surface area contributed by atoms with Crippen LogP contribution in [0.25, 0.3) is 0 Å². The van der Waals surface area contributed by atoms with Gasteiger partial charge in [0, 0.05) is 9.92 Å². The zero-order valence-electron chi connectivity index (χ0n) is 14.1. The Kier molecular flexibility index (Phi) is 7.00. The smallest absolute Gasteiger partial charge is 0.233 e. The lowest BCUT2D eigenvalue weighted by Crippen LogP contribution is -2.40. The minimum Gasteiger partial charge on any atom is -0.491 e. The third kappa shape index (κ3) is 6.10. The van der Waals surface area contributed by atoms with Crippen molar-refractivity contribution in [1.29, 1.82) is 0 Å². The Balaban J connectivity index is 1.77. The number of ether oxygens (including phenoxy) is 1. The van der Waals surface area contributed by atoms with Crippen LogP contribution >= 0.6 is 23.4 Å². The zero-order valence-corrected chi connectivity index (χ0v) is 15.7. The highest BCUT2D eigenvalue weighted by molar-refractivity contribution is 8.00. The molecule has 5 heteroatoms. The Morgan fingerprint density at radius 1 is 1.12 bits per heavy atom. The van der Waals surface area contributed by atoms with Crippen LogP contribution in [0.3, 0.4) is 0 Å². The van der Waals surface area contributed by atoms with Crippen molar-refractivity contribution in [1.82, 2.24) is 5.32 Å². The van der Waals surface area contributed by atoms with Gasteiger partial charge < -0.3 is 10.1 Å². The fraction of sp³-hybridized carbons (Fsp3) is 0.316. The maximum atomic E-state index is 12.3. The van der Waals surface area contributed by atoms with Crippen LogP contribution < -0.4 is 10.1 Å². The van der Waals surface area contributed by atoms with Gasteiger partial charge >= 0.3 is 0 Å². The molecule has 0 aliphatic carbocycles. The van der Waals surface area contributed by atoms with Crippen LogP contribution in [0.2, 0.25) is 5.02 Å². The SMILES string of the molecule is Cc1ccc(OC[C@@H](C)NC(=O)[C@@H](C)Sc2ccc(Cl)cc2)cc1. The van der Waals surface area contributed by atoms with Crippen molar-refractivity contribution in [3.8, 4) is 5.75 Å². The summed E-state index contributed by atoms with van der Waals surface area (Å²) in [4.78, 5) is 13.3. The number of carbonyl (C=O) groups is 1. The maximum absolute atomic E-state index is 12.3. The van der Waals surface area contributed by atoms with Crippen LogP contribution in [0.1, 0.15) is 19.4 Å². The Hall–Kier alpha value is -1.65. The zero-order chi connectivity index (χ0) is 17.5. The Labute approximate surface area is 152 Å². The van der Waals surface area contributed by atoms with Gasteiger partial charge in [0.2, 0.25) is 5.91 Å². The highest BCUT2D eigenvalue weighted by Crippen LogP contribution is 2.24. The standard InChI is InChI=1S/C19H22ClNO2S/c1-13-4-8-17(9-5-13)23-12-14(2)21-19(22)15(3)24-18-10-6-16(20)7-11-18/h4-11,14-15H,12H2,1-3H3,(H,21,22)/t14-,15-/m1/s1. The van der Waals surface area contributed by atoms with E-state index >= 15 is 0 Å². The number of thioether (sulfide) groups is 1. The van der Waals surface area contributed by atoms with Crippen LogP contribution in [-0.4, -0.2) is 23.8 Å². The van der Waals surface area contributed by atoms with Crippen molar-refractivity contribution in [3.05, 3.63) is 59.1 Å². The molecule has 0 aromatic heterocycles. The summed E-state index contributed by atoms with van der Waals surface area (Å²) in [7, 11) is 0. The molecule has 0 unspecified atom stereocenters. The molecule has 0 saturated carbocycles. The molecule has 0 radical (unpaired) electrons. The van der Waals surface area contributed by atoms with Crippen molar-refractivity contribution < 1.29 is 9.53 Å². The number of carbonyl (C=O) groups excluding carboxylic acids is 1. The first-order chi connectivity index (χ1) is 11.4. The summed E-state index contributed by atoms with van der Waals surface area (Å²) in [5.41, 5.74) is 1.19. The summed E-state index contributed by atoms with van der Waals surface area (Å²) in [6, 6.07) is 15.3. The van der Waals surface area contributed by atoms with E-state index in [-0.39, 0.29) is 17.2 Å². The van der Waals surface area contributed by atoms with Gasteiger partial charge in [-0.15, -0.1) is 11.8 Å². The van der Waals surface area contributed by atoms with Crippen LogP contribution in [0.5, 0.6) is 5.75 Å². The van der Waals surface area contributed by atoms with Gasteiger partial charge in [0.1, 0.15) is 12.4 Å². The quantitative estimate of drug-likeness (QED) is 0.724. The summed E-state index contributed by atoms with van der Waals surface area (Å²) in [5.74, 6) is 0.806. The van der Waals surface area contributed by atoms with Crippen molar-refractivity contribution >= 4 is 29.3 Å². The fourth-order valence-electron chi connectivity index (χ4n) is 2.03. The molecule has 2 aromatic rings. The lowest BCUT2D eigenvalue weighted by molar-refractivity contribution is -0.121. The molecule has 1 amide bonds. The average Bonchev–Trinajstić information content (AvgIpc) is 2.56. The van der Waals surface area contributed by atoms with E-state index in [4.69, 9.17) is 16.3 Å². The van der Waals surface area contributed by atoms with Gasteiger partial charge in [-0.1, -0.05) is 29.3 Å². The van der Waals surface area contributed by atoms with E-state index in [2.05, 4.69) is 5.32 Å². The van der Waals surface area contributed by atoms with Crippen LogP contribution in [0, 0.1) is 6.92 Å². The third-order valence-electron chi connectivity index (χ3n) is 3.41. The van der Waals surface area contributed by atoms with Gasteiger partial charge in [0.25, 0.3) is 0 Å². The van der Waals surface area contributed by atoms with E-state index < -0.39 is 0 Å². The number of hydrogen-bond donors (Lipinski definition) is 1. The number of amides is 1. The number of hydrogen-bond acceptors (Lipinski definition) is 3. The molecule has 2 atom stereocenters. The average molecular weight is 364 g/mol. The van der Waals surface area contributed by atoms with Crippen LogP contribution in [0.4, 0.5) is 0 Å². The predicted molar refractivity (Wildman–Crippen MR) is 101 cm³/mol. The van der Waals surface area contributed by atoms with E-state index in [1.165, 1.54) is 17.3 Å². The van der Waals surface area contributed by atoms with Crippen molar-refractivity contribution in [3.63, 3.8) is 0 Å². The molecule has 0 aliphatic heterocycles. The molecule has 24 heavy (non-hydrogen) atoms. The highest BCUT2D eigenvalue weighted by Gasteiger charge is 2.16. The molecule has 1 N–H and O–H groups in total. The van der Waals surface area contributed by atoms with Crippen molar-refractivity contribution in [2.24, 2.45) is 0 Å². The molecule has 0 aliphatic rings. The molecule has 2 rings (SSSR count).